The fraction of sp³-hybridized carbons (Fsp3) is 0.867. The average Bonchev–Trinajstić information content (AvgIpc) is 2.71. The van der Waals surface area contributed by atoms with E-state index in [1.54, 1.807) is 18.9 Å². The van der Waals surface area contributed by atoms with Gasteiger partial charge in [-0.25, -0.2) is 0 Å². The van der Waals surface area contributed by atoms with E-state index in [0.717, 1.165) is 12.8 Å². The Morgan fingerprint density at radius 3 is 2.35 bits per heavy atom. The Balaban J connectivity index is 2.26. The summed E-state index contributed by atoms with van der Waals surface area (Å²) in [6.45, 7) is 4.62. The molecular weight excluding hydrogens is 254 g/mol. The van der Waals surface area contributed by atoms with Crippen molar-refractivity contribution in [1.82, 2.24) is 15.5 Å². The Hall–Kier alpha value is -1.10. The molecule has 0 aromatic carbocycles. The van der Waals surface area contributed by atoms with Gasteiger partial charge in [0.15, 0.2) is 0 Å². The maximum Gasteiger partial charge on any atom is 0.239 e. The van der Waals surface area contributed by atoms with Crippen LogP contribution in [0.15, 0.2) is 0 Å². The SMILES string of the molecule is CCN(C)C(=O)C(C)NCC(=O)NC1CCCCCC1. The highest BCUT2D eigenvalue weighted by Crippen LogP contribution is 2.16. The number of likely N-dealkylation sites (N-methyl/N-ethyl adjacent to an activating group) is 1. The fourth-order valence-corrected chi connectivity index (χ4v) is 2.52. The molecule has 5 heteroatoms. The number of carbonyl (C=O) groups excluding carboxylic acids is 2. The number of hydrogen-bond donors (Lipinski definition) is 2. The molecule has 116 valence electrons. The average molecular weight is 283 g/mol. The first-order valence-electron chi connectivity index (χ1n) is 7.82. The second-order valence-corrected chi connectivity index (χ2v) is 5.71. The first-order valence-corrected chi connectivity index (χ1v) is 7.82. The Bertz CT molecular complexity index is 312. The van der Waals surface area contributed by atoms with Crippen LogP contribution < -0.4 is 10.6 Å². The lowest BCUT2D eigenvalue weighted by Crippen LogP contribution is -2.47. The lowest BCUT2D eigenvalue weighted by Gasteiger charge is -2.21. The molecule has 2 N–H and O–H groups in total. The third-order valence-electron chi connectivity index (χ3n) is 4.01. The monoisotopic (exact) mass is 283 g/mol. The summed E-state index contributed by atoms with van der Waals surface area (Å²) in [5.74, 6) is 0.0190. The van der Waals surface area contributed by atoms with E-state index in [-0.39, 0.29) is 24.4 Å². The molecule has 0 aliphatic heterocycles. The standard InChI is InChI=1S/C15H29N3O2/c1-4-18(3)15(20)12(2)16-11-14(19)17-13-9-7-5-6-8-10-13/h12-13,16H,4-11H2,1-3H3,(H,17,19). The van der Waals surface area contributed by atoms with Crippen molar-refractivity contribution >= 4 is 11.8 Å². The van der Waals surface area contributed by atoms with Crippen LogP contribution in [0, 0.1) is 0 Å². The molecule has 0 aromatic heterocycles. The summed E-state index contributed by atoms with van der Waals surface area (Å²) in [5, 5.41) is 6.07. The first kappa shape index (κ1) is 17.0. The van der Waals surface area contributed by atoms with Gasteiger partial charge >= 0.3 is 0 Å². The van der Waals surface area contributed by atoms with Gasteiger partial charge in [0.05, 0.1) is 12.6 Å². The molecule has 1 atom stereocenters. The van der Waals surface area contributed by atoms with Crippen LogP contribution >= 0.6 is 0 Å². The molecule has 1 aliphatic carbocycles. The highest BCUT2D eigenvalue weighted by molar-refractivity contribution is 5.83. The van der Waals surface area contributed by atoms with Crippen LogP contribution in [0.5, 0.6) is 0 Å². The van der Waals surface area contributed by atoms with Gasteiger partial charge in [-0.05, 0) is 26.7 Å². The van der Waals surface area contributed by atoms with Gasteiger partial charge in [0.25, 0.3) is 0 Å². The Labute approximate surface area is 122 Å². The van der Waals surface area contributed by atoms with Crippen molar-refractivity contribution < 1.29 is 9.59 Å². The van der Waals surface area contributed by atoms with E-state index in [0.29, 0.717) is 12.6 Å². The molecule has 1 unspecified atom stereocenters. The summed E-state index contributed by atoms with van der Waals surface area (Å²) in [6.07, 6.45) is 7.12. The van der Waals surface area contributed by atoms with Crippen molar-refractivity contribution in [2.45, 2.75) is 64.5 Å². The van der Waals surface area contributed by atoms with Crippen LogP contribution in [-0.2, 0) is 9.59 Å². The third kappa shape index (κ3) is 5.90. The normalized spacial score (nSPS) is 18.1. The highest BCUT2D eigenvalue weighted by atomic mass is 16.2. The Morgan fingerprint density at radius 1 is 1.20 bits per heavy atom. The molecular formula is C15H29N3O2. The molecule has 1 rings (SSSR count). The van der Waals surface area contributed by atoms with Crippen molar-refractivity contribution in [3.63, 3.8) is 0 Å². The number of hydrogen-bond acceptors (Lipinski definition) is 3. The van der Waals surface area contributed by atoms with Crippen molar-refractivity contribution in [2.24, 2.45) is 0 Å². The minimum Gasteiger partial charge on any atom is -0.352 e. The lowest BCUT2D eigenvalue weighted by molar-refractivity contribution is -0.131. The van der Waals surface area contributed by atoms with Crippen LogP contribution in [0.1, 0.15) is 52.4 Å². The van der Waals surface area contributed by atoms with Gasteiger partial charge in [-0.3, -0.25) is 14.9 Å². The summed E-state index contributed by atoms with van der Waals surface area (Å²) >= 11 is 0. The zero-order valence-electron chi connectivity index (χ0n) is 13.1. The lowest BCUT2D eigenvalue weighted by atomic mass is 10.1. The summed E-state index contributed by atoms with van der Waals surface area (Å²) in [5.41, 5.74) is 0. The van der Waals surface area contributed by atoms with Gasteiger partial charge in [0.2, 0.25) is 11.8 Å². The van der Waals surface area contributed by atoms with Gasteiger partial charge in [-0.15, -0.1) is 0 Å². The van der Waals surface area contributed by atoms with E-state index in [1.807, 2.05) is 6.92 Å². The zero-order valence-corrected chi connectivity index (χ0v) is 13.1. The van der Waals surface area contributed by atoms with E-state index in [2.05, 4.69) is 10.6 Å². The number of nitrogens with zero attached hydrogens (tertiary/aromatic N) is 1. The maximum absolute atomic E-state index is 11.9. The minimum absolute atomic E-state index is 0.00398. The van der Waals surface area contributed by atoms with E-state index in [9.17, 15) is 9.59 Å². The molecule has 0 saturated heterocycles. The van der Waals surface area contributed by atoms with Gasteiger partial charge < -0.3 is 10.2 Å². The molecule has 20 heavy (non-hydrogen) atoms. The highest BCUT2D eigenvalue weighted by Gasteiger charge is 2.18. The second-order valence-electron chi connectivity index (χ2n) is 5.71. The van der Waals surface area contributed by atoms with E-state index >= 15 is 0 Å². The predicted molar refractivity (Wildman–Crippen MR) is 80.4 cm³/mol. The minimum atomic E-state index is -0.320. The van der Waals surface area contributed by atoms with Crippen LogP contribution in [0.2, 0.25) is 0 Å². The molecule has 2 amide bonds. The maximum atomic E-state index is 11.9. The van der Waals surface area contributed by atoms with Gasteiger partial charge in [-0.1, -0.05) is 25.7 Å². The van der Waals surface area contributed by atoms with Crippen molar-refractivity contribution in [3.8, 4) is 0 Å². The molecule has 0 spiro atoms. The molecule has 5 nitrogen and oxygen atoms in total. The Morgan fingerprint density at radius 2 is 1.80 bits per heavy atom. The molecule has 0 aromatic rings. The van der Waals surface area contributed by atoms with Crippen LogP contribution in [0.4, 0.5) is 0 Å². The van der Waals surface area contributed by atoms with Crippen LogP contribution in [0.25, 0.3) is 0 Å². The molecule has 0 radical (unpaired) electrons. The quantitative estimate of drug-likeness (QED) is 0.722. The summed E-state index contributed by atoms with van der Waals surface area (Å²) in [6, 6.07) is -0.00374. The van der Waals surface area contributed by atoms with Crippen molar-refractivity contribution in [2.75, 3.05) is 20.1 Å². The van der Waals surface area contributed by atoms with Gasteiger partial charge in [-0.2, -0.15) is 0 Å². The molecule has 1 aliphatic rings. The Kier molecular flexibility index (Phi) is 7.59. The predicted octanol–water partition coefficient (Wildman–Crippen LogP) is 1.28. The van der Waals surface area contributed by atoms with E-state index < -0.39 is 0 Å². The van der Waals surface area contributed by atoms with E-state index in [4.69, 9.17) is 0 Å². The fourth-order valence-electron chi connectivity index (χ4n) is 2.52. The van der Waals surface area contributed by atoms with Gasteiger partial charge in [0, 0.05) is 19.6 Å². The van der Waals surface area contributed by atoms with E-state index in [1.165, 1.54) is 25.7 Å². The third-order valence-corrected chi connectivity index (χ3v) is 4.01. The number of rotatable bonds is 6. The van der Waals surface area contributed by atoms with Crippen LogP contribution in [-0.4, -0.2) is 48.9 Å². The van der Waals surface area contributed by atoms with Crippen LogP contribution in [0.3, 0.4) is 0 Å². The second kappa shape index (κ2) is 8.95. The number of amides is 2. The molecule has 0 bridgehead atoms. The first-order chi connectivity index (χ1) is 9.54. The number of carbonyl (C=O) groups is 2. The van der Waals surface area contributed by atoms with Gasteiger partial charge in [0.1, 0.15) is 0 Å². The summed E-state index contributed by atoms with van der Waals surface area (Å²) in [4.78, 5) is 25.4. The van der Waals surface area contributed by atoms with Crippen molar-refractivity contribution in [3.05, 3.63) is 0 Å². The smallest absolute Gasteiger partial charge is 0.239 e. The van der Waals surface area contributed by atoms with Crippen molar-refractivity contribution in [1.29, 1.82) is 0 Å². The molecule has 0 heterocycles. The zero-order chi connectivity index (χ0) is 15.0. The molecule has 1 saturated carbocycles. The number of nitrogens with one attached hydrogen (secondary N) is 2. The topological polar surface area (TPSA) is 61.4 Å². The molecule has 1 fully saturated rings. The summed E-state index contributed by atoms with van der Waals surface area (Å²) in [7, 11) is 1.77. The summed E-state index contributed by atoms with van der Waals surface area (Å²) < 4.78 is 0. The largest absolute Gasteiger partial charge is 0.352 e.